The van der Waals surface area contributed by atoms with Crippen LogP contribution in [0.1, 0.15) is 11.1 Å². The predicted octanol–water partition coefficient (Wildman–Crippen LogP) is 11.4. The highest BCUT2D eigenvalue weighted by Crippen LogP contribution is 2.34. The summed E-state index contributed by atoms with van der Waals surface area (Å²) in [6, 6.07) is 62.7. The van der Waals surface area contributed by atoms with Crippen molar-refractivity contribution in [2.45, 2.75) is 0 Å². The Labute approximate surface area is 269 Å². The van der Waals surface area contributed by atoms with Gasteiger partial charge in [0.25, 0.3) is 0 Å². The van der Waals surface area contributed by atoms with E-state index in [1.165, 1.54) is 0 Å². The van der Waals surface area contributed by atoms with Gasteiger partial charge in [0.1, 0.15) is 0 Å². The first-order chi connectivity index (χ1) is 22.7. The molecule has 0 amide bonds. The molecule has 7 rings (SSSR count). The molecular formula is C44H28N2. The summed E-state index contributed by atoms with van der Waals surface area (Å²) in [5, 5.41) is 19.2. The minimum atomic E-state index is 0.652. The third-order valence-electron chi connectivity index (χ3n) is 8.38. The second-order valence-corrected chi connectivity index (χ2v) is 11.2. The Kier molecular flexibility index (Phi) is 7.77. The molecule has 2 nitrogen and oxygen atoms in total. The molecule has 0 saturated carbocycles. The van der Waals surface area contributed by atoms with Crippen molar-refractivity contribution >= 4 is 0 Å². The lowest BCUT2D eigenvalue weighted by Crippen LogP contribution is -1.89. The fourth-order valence-corrected chi connectivity index (χ4v) is 5.91. The molecule has 0 fully saturated rings. The van der Waals surface area contributed by atoms with Gasteiger partial charge in [-0.15, -0.1) is 0 Å². The van der Waals surface area contributed by atoms with Gasteiger partial charge in [0.05, 0.1) is 23.3 Å². The van der Waals surface area contributed by atoms with Gasteiger partial charge in [-0.2, -0.15) is 10.5 Å². The maximum atomic E-state index is 10.2. The topological polar surface area (TPSA) is 47.6 Å². The molecule has 0 aliphatic carbocycles. The zero-order chi connectivity index (χ0) is 31.3. The average Bonchev–Trinajstić information content (AvgIpc) is 3.15. The zero-order valence-electron chi connectivity index (χ0n) is 25.1. The standard InChI is InChI=1S/C44H28N2/c45-29-31-15-17-33(18-16-31)34-19-21-35(22-20-34)36-9-4-11-38(25-36)39-12-5-13-40(26-39)41-23-24-44(43(28-41)30-46)42-14-6-10-37(27-42)32-7-2-1-3-8-32/h1-28H. The number of nitriles is 2. The van der Waals surface area contributed by atoms with Gasteiger partial charge in [-0.25, -0.2) is 0 Å². The second-order valence-electron chi connectivity index (χ2n) is 11.2. The largest absolute Gasteiger partial charge is 0.192 e. The van der Waals surface area contributed by atoms with E-state index >= 15 is 0 Å². The number of benzene rings is 7. The number of hydrogen-bond acceptors (Lipinski definition) is 2. The van der Waals surface area contributed by atoms with E-state index in [9.17, 15) is 5.26 Å². The van der Waals surface area contributed by atoms with Gasteiger partial charge in [-0.3, -0.25) is 0 Å². The minimum absolute atomic E-state index is 0.652. The van der Waals surface area contributed by atoms with Crippen LogP contribution in [0.4, 0.5) is 0 Å². The smallest absolute Gasteiger partial charge is 0.0998 e. The van der Waals surface area contributed by atoms with Crippen molar-refractivity contribution in [2.24, 2.45) is 0 Å². The van der Waals surface area contributed by atoms with Gasteiger partial charge in [0.15, 0.2) is 0 Å². The van der Waals surface area contributed by atoms with Crippen molar-refractivity contribution in [3.8, 4) is 78.9 Å². The highest BCUT2D eigenvalue weighted by Gasteiger charge is 2.11. The van der Waals surface area contributed by atoms with Gasteiger partial charge in [0, 0.05) is 0 Å². The Bertz CT molecular complexity index is 2250. The maximum Gasteiger partial charge on any atom is 0.0998 e. The number of rotatable bonds is 6. The molecule has 0 heterocycles. The van der Waals surface area contributed by atoms with Crippen molar-refractivity contribution in [1.82, 2.24) is 0 Å². The minimum Gasteiger partial charge on any atom is -0.192 e. The van der Waals surface area contributed by atoms with Crippen LogP contribution in [0, 0.1) is 22.7 Å². The van der Waals surface area contributed by atoms with Crippen molar-refractivity contribution in [2.75, 3.05) is 0 Å². The Balaban J connectivity index is 1.16. The molecule has 7 aromatic rings. The molecule has 214 valence electrons. The normalized spacial score (nSPS) is 10.6. The molecule has 0 unspecified atom stereocenters. The summed E-state index contributed by atoms with van der Waals surface area (Å²) >= 11 is 0. The summed E-state index contributed by atoms with van der Waals surface area (Å²) in [6.07, 6.45) is 0. The van der Waals surface area contributed by atoms with Crippen LogP contribution in [0.5, 0.6) is 0 Å². The van der Waals surface area contributed by atoms with E-state index in [0.29, 0.717) is 11.1 Å². The third-order valence-corrected chi connectivity index (χ3v) is 8.38. The Morgan fingerprint density at radius 1 is 0.283 bits per heavy atom. The Morgan fingerprint density at radius 2 is 0.652 bits per heavy atom. The molecule has 2 heteroatoms. The van der Waals surface area contributed by atoms with Crippen LogP contribution >= 0.6 is 0 Å². The lowest BCUT2D eigenvalue weighted by atomic mass is 9.92. The SMILES string of the molecule is N#Cc1ccc(-c2ccc(-c3cccc(-c4cccc(-c5ccc(-c6cccc(-c7ccccc7)c6)c(C#N)c5)c4)c3)cc2)cc1. The molecule has 0 N–H and O–H groups in total. The Morgan fingerprint density at radius 3 is 1.17 bits per heavy atom. The maximum absolute atomic E-state index is 10.2. The van der Waals surface area contributed by atoms with E-state index in [1.54, 1.807) is 0 Å². The van der Waals surface area contributed by atoms with Gasteiger partial charge < -0.3 is 0 Å². The molecule has 0 radical (unpaired) electrons. The van der Waals surface area contributed by atoms with Crippen LogP contribution in [0.2, 0.25) is 0 Å². The molecular weight excluding hydrogens is 556 g/mol. The van der Waals surface area contributed by atoms with E-state index in [4.69, 9.17) is 5.26 Å². The molecule has 0 aliphatic heterocycles. The number of nitrogens with zero attached hydrogens (tertiary/aromatic N) is 2. The van der Waals surface area contributed by atoms with Crippen molar-refractivity contribution in [3.05, 3.63) is 181 Å². The number of hydrogen-bond donors (Lipinski definition) is 0. The van der Waals surface area contributed by atoms with Crippen LogP contribution in [-0.4, -0.2) is 0 Å². The molecule has 0 spiro atoms. The average molecular weight is 585 g/mol. The van der Waals surface area contributed by atoms with Crippen molar-refractivity contribution in [1.29, 1.82) is 10.5 Å². The van der Waals surface area contributed by atoms with E-state index in [0.717, 1.165) is 66.8 Å². The summed E-state index contributed by atoms with van der Waals surface area (Å²) in [4.78, 5) is 0. The fourth-order valence-electron chi connectivity index (χ4n) is 5.91. The first-order valence-electron chi connectivity index (χ1n) is 15.2. The molecule has 46 heavy (non-hydrogen) atoms. The van der Waals surface area contributed by atoms with Gasteiger partial charge in [0.2, 0.25) is 0 Å². The van der Waals surface area contributed by atoms with Crippen molar-refractivity contribution < 1.29 is 0 Å². The Hall–Kier alpha value is -6.48. The summed E-state index contributed by atoms with van der Waals surface area (Å²) in [5.41, 5.74) is 14.4. The van der Waals surface area contributed by atoms with Crippen molar-refractivity contribution in [3.63, 3.8) is 0 Å². The van der Waals surface area contributed by atoms with Crippen LogP contribution < -0.4 is 0 Å². The lowest BCUT2D eigenvalue weighted by Gasteiger charge is -2.11. The van der Waals surface area contributed by atoms with Crippen LogP contribution in [0.3, 0.4) is 0 Å². The predicted molar refractivity (Wildman–Crippen MR) is 188 cm³/mol. The summed E-state index contributed by atoms with van der Waals surface area (Å²) < 4.78 is 0. The molecule has 0 atom stereocenters. The van der Waals surface area contributed by atoms with Gasteiger partial charge >= 0.3 is 0 Å². The highest BCUT2D eigenvalue weighted by atomic mass is 14.3. The first-order valence-corrected chi connectivity index (χ1v) is 15.2. The monoisotopic (exact) mass is 584 g/mol. The van der Waals surface area contributed by atoms with Crippen LogP contribution in [0.25, 0.3) is 66.8 Å². The molecule has 0 bridgehead atoms. The molecule has 0 saturated heterocycles. The van der Waals surface area contributed by atoms with E-state index in [2.05, 4.69) is 127 Å². The first kappa shape index (κ1) is 28.3. The molecule has 0 aromatic heterocycles. The van der Waals surface area contributed by atoms with E-state index < -0.39 is 0 Å². The highest BCUT2D eigenvalue weighted by molar-refractivity contribution is 5.82. The van der Waals surface area contributed by atoms with Gasteiger partial charge in [-0.1, -0.05) is 133 Å². The third kappa shape index (κ3) is 5.85. The summed E-state index contributed by atoms with van der Waals surface area (Å²) in [7, 11) is 0. The quantitative estimate of drug-likeness (QED) is 0.195. The van der Waals surface area contributed by atoms with E-state index in [-0.39, 0.29) is 0 Å². The summed E-state index contributed by atoms with van der Waals surface area (Å²) in [6.45, 7) is 0. The molecule has 7 aromatic carbocycles. The van der Waals surface area contributed by atoms with Gasteiger partial charge in [-0.05, 0) is 103 Å². The van der Waals surface area contributed by atoms with E-state index in [1.807, 2.05) is 54.6 Å². The lowest BCUT2D eigenvalue weighted by molar-refractivity contribution is 1.47. The second kappa shape index (κ2) is 12.6. The molecule has 0 aliphatic rings. The van der Waals surface area contributed by atoms with Crippen LogP contribution in [-0.2, 0) is 0 Å². The summed E-state index contributed by atoms with van der Waals surface area (Å²) in [5.74, 6) is 0. The van der Waals surface area contributed by atoms with Crippen LogP contribution in [0.15, 0.2) is 170 Å². The fraction of sp³-hybridized carbons (Fsp3) is 0. The zero-order valence-corrected chi connectivity index (χ0v) is 25.1.